The Morgan fingerprint density at radius 3 is 2.74 bits per heavy atom. The van der Waals surface area contributed by atoms with Gasteiger partial charge in [-0.3, -0.25) is 9.59 Å². The van der Waals surface area contributed by atoms with Gasteiger partial charge in [0, 0.05) is 32.4 Å². The number of hydrogen-bond acceptors (Lipinski definition) is 6. The Labute approximate surface area is 164 Å². The van der Waals surface area contributed by atoms with E-state index in [2.05, 4.69) is 27.7 Å². The van der Waals surface area contributed by atoms with E-state index < -0.39 is 0 Å². The van der Waals surface area contributed by atoms with E-state index in [1.807, 2.05) is 0 Å². The van der Waals surface area contributed by atoms with Crippen LogP contribution in [-0.2, 0) is 17.6 Å². The Bertz CT molecular complexity index is 735. The molecule has 4 N–H and O–H groups in total. The van der Waals surface area contributed by atoms with Crippen LogP contribution < -0.4 is 16.4 Å². The van der Waals surface area contributed by atoms with Gasteiger partial charge in [-0.05, 0) is 25.0 Å². The third-order valence-electron chi connectivity index (χ3n) is 3.65. The van der Waals surface area contributed by atoms with Gasteiger partial charge < -0.3 is 20.9 Å². The number of aromatic nitrogens is 2. The summed E-state index contributed by atoms with van der Waals surface area (Å²) in [5, 5.41) is 9.37. The van der Waals surface area contributed by atoms with Gasteiger partial charge in [-0.15, -0.1) is 12.4 Å². The van der Waals surface area contributed by atoms with Crippen molar-refractivity contribution in [2.24, 2.45) is 5.73 Å². The first-order chi connectivity index (χ1) is 12.6. The van der Waals surface area contributed by atoms with Gasteiger partial charge in [0.1, 0.15) is 0 Å². The molecule has 1 aromatic carbocycles. The first-order valence-electron chi connectivity index (χ1n) is 8.82. The number of amides is 2. The van der Waals surface area contributed by atoms with E-state index in [9.17, 15) is 9.59 Å². The van der Waals surface area contributed by atoms with Crippen molar-refractivity contribution in [2.45, 2.75) is 39.0 Å². The van der Waals surface area contributed by atoms with Gasteiger partial charge in [-0.1, -0.05) is 24.2 Å². The van der Waals surface area contributed by atoms with Crippen molar-refractivity contribution in [1.29, 1.82) is 0 Å². The number of nitrogens with one attached hydrogen (secondary N) is 2. The molecular weight excluding hydrogens is 370 g/mol. The summed E-state index contributed by atoms with van der Waals surface area (Å²) < 4.78 is 5.15. The Kier molecular flexibility index (Phi) is 10.1. The fraction of sp³-hybridized carbons (Fsp3) is 0.444. The zero-order valence-corrected chi connectivity index (χ0v) is 16.2. The number of hydrogen-bond donors (Lipinski definition) is 3. The van der Waals surface area contributed by atoms with Crippen LogP contribution in [0.2, 0.25) is 0 Å². The Hall–Kier alpha value is -2.45. The van der Waals surface area contributed by atoms with Crippen LogP contribution in [0.3, 0.4) is 0 Å². The minimum absolute atomic E-state index is 0. The van der Waals surface area contributed by atoms with Crippen LogP contribution in [-0.4, -0.2) is 35.0 Å². The van der Waals surface area contributed by atoms with Crippen molar-refractivity contribution < 1.29 is 14.1 Å². The van der Waals surface area contributed by atoms with Gasteiger partial charge in [0.05, 0.1) is 11.3 Å². The zero-order chi connectivity index (χ0) is 18.8. The van der Waals surface area contributed by atoms with Crippen LogP contribution in [0.5, 0.6) is 0 Å². The Morgan fingerprint density at radius 2 is 2.00 bits per heavy atom. The lowest BCUT2D eigenvalue weighted by Crippen LogP contribution is -2.29. The molecule has 0 fully saturated rings. The molecule has 1 aromatic heterocycles. The average Bonchev–Trinajstić information content (AvgIpc) is 3.08. The molecule has 9 heteroatoms. The molecule has 8 nitrogen and oxygen atoms in total. The molecule has 0 saturated carbocycles. The summed E-state index contributed by atoms with van der Waals surface area (Å²) in [6, 6.07) is 6.87. The topological polar surface area (TPSA) is 123 Å². The second-order valence-corrected chi connectivity index (χ2v) is 5.85. The number of carbonyl (C=O) groups is 2. The lowest BCUT2D eigenvalue weighted by molar-refractivity contribution is -0.116. The second kappa shape index (κ2) is 12.0. The molecule has 0 unspecified atom stereocenters. The van der Waals surface area contributed by atoms with E-state index in [-0.39, 0.29) is 24.2 Å². The number of halogens is 1. The summed E-state index contributed by atoms with van der Waals surface area (Å²) >= 11 is 0. The maximum absolute atomic E-state index is 12.2. The van der Waals surface area contributed by atoms with Gasteiger partial charge >= 0.3 is 0 Å². The van der Waals surface area contributed by atoms with E-state index >= 15 is 0 Å². The first-order valence-corrected chi connectivity index (χ1v) is 8.82. The van der Waals surface area contributed by atoms with E-state index in [0.29, 0.717) is 55.3 Å². The van der Waals surface area contributed by atoms with Gasteiger partial charge in [0.2, 0.25) is 11.8 Å². The smallest absolute Gasteiger partial charge is 0.253 e. The maximum atomic E-state index is 12.2. The van der Waals surface area contributed by atoms with Crippen LogP contribution in [0.15, 0.2) is 28.8 Å². The van der Waals surface area contributed by atoms with Crippen LogP contribution in [0.4, 0.5) is 5.69 Å². The number of anilines is 1. The molecule has 0 radical (unpaired) electrons. The van der Waals surface area contributed by atoms with Crippen molar-refractivity contribution in [3.05, 3.63) is 41.5 Å². The van der Waals surface area contributed by atoms with Gasteiger partial charge in [0.15, 0.2) is 5.82 Å². The largest absolute Gasteiger partial charge is 0.351 e. The lowest BCUT2D eigenvalue weighted by Gasteiger charge is -2.11. The molecule has 0 atom stereocenters. The fourth-order valence-electron chi connectivity index (χ4n) is 2.40. The molecule has 1 heterocycles. The molecule has 0 aliphatic rings. The molecule has 2 aromatic rings. The van der Waals surface area contributed by atoms with E-state index in [1.54, 1.807) is 24.3 Å². The highest BCUT2D eigenvalue weighted by Crippen LogP contribution is 2.15. The van der Waals surface area contributed by atoms with Crippen LogP contribution in [0.25, 0.3) is 0 Å². The maximum Gasteiger partial charge on any atom is 0.253 e. The molecule has 0 spiro atoms. The summed E-state index contributed by atoms with van der Waals surface area (Å²) in [5.41, 5.74) is 6.29. The predicted octanol–water partition coefficient (Wildman–Crippen LogP) is 2.09. The van der Waals surface area contributed by atoms with Crippen molar-refractivity contribution in [2.75, 3.05) is 18.4 Å². The molecule has 2 amide bonds. The summed E-state index contributed by atoms with van der Waals surface area (Å²) in [6.45, 7) is 2.79. The number of aryl methyl sites for hydroxylation is 2. The predicted molar refractivity (Wildman–Crippen MR) is 105 cm³/mol. The van der Waals surface area contributed by atoms with Gasteiger partial charge in [-0.25, -0.2) is 0 Å². The third-order valence-corrected chi connectivity index (χ3v) is 3.65. The molecule has 0 aliphatic carbocycles. The number of carbonyl (C=O) groups excluding carboxylic acids is 2. The van der Waals surface area contributed by atoms with Crippen molar-refractivity contribution >= 4 is 29.9 Å². The molecule has 27 heavy (non-hydrogen) atoms. The van der Waals surface area contributed by atoms with Gasteiger partial charge in [0.25, 0.3) is 5.91 Å². The fourth-order valence-corrected chi connectivity index (χ4v) is 2.40. The van der Waals surface area contributed by atoms with E-state index in [4.69, 9.17) is 10.3 Å². The first kappa shape index (κ1) is 22.6. The lowest BCUT2D eigenvalue weighted by atomic mass is 10.1. The minimum atomic E-state index is -0.263. The van der Waals surface area contributed by atoms with E-state index in [0.717, 1.165) is 12.8 Å². The minimum Gasteiger partial charge on any atom is -0.351 e. The van der Waals surface area contributed by atoms with Crippen LogP contribution >= 0.6 is 12.4 Å². The molecule has 2 rings (SSSR count). The number of nitrogens with zero attached hydrogens (tertiary/aromatic N) is 2. The molecular formula is C18H26ClN5O3. The number of para-hydroxylation sites is 1. The van der Waals surface area contributed by atoms with E-state index in [1.165, 1.54) is 0 Å². The van der Waals surface area contributed by atoms with Crippen LogP contribution in [0, 0.1) is 0 Å². The molecule has 0 aliphatic heterocycles. The molecule has 0 saturated heterocycles. The number of nitrogens with two attached hydrogens (primary N) is 1. The number of rotatable bonds is 10. The molecule has 148 valence electrons. The normalized spacial score (nSPS) is 10.1. The zero-order valence-electron chi connectivity index (χ0n) is 15.4. The highest BCUT2D eigenvalue weighted by Gasteiger charge is 2.13. The summed E-state index contributed by atoms with van der Waals surface area (Å²) in [6.07, 6.45) is 3.17. The quantitative estimate of drug-likeness (QED) is 0.566. The second-order valence-electron chi connectivity index (χ2n) is 5.85. The highest BCUT2D eigenvalue weighted by atomic mass is 35.5. The summed E-state index contributed by atoms with van der Waals surface area (Å²) in [7, 11) is 0. The van der Waals surface area contributed by atoms with Gasteiger partial charge in [-0.2, -0.15) is 4.98 Å². The standard InChI is InChI=1S/C18H25N5O3.ClH/c1-2-6-15-22-17(26-23-15)10-5-9-16(24)21-14-8-4-3-7-13(14)18(25)20-12-11-19;/h3-4,7-8H,2,5-6,9-12,19H2,1H3,(H,20,25)(H,21,24);1H. The Morgan fingerprint density at radius 1 is 1.22 bits per heavy atom. The van der Waals surface area contributed by atoms with Crippen molar-refractivity contribution in [3.63, 3.8) is 0 Å². The highest BCUT2D eigenvalue weighted by molar-refractivity contribution is 6.03. The summed E-state index contributed by atoms with van der Waals surface area (Å²) in [4.78, 5) is 28.6. The van der Waals surface area contributed by atoms with Crippen LogP contribution in [0.1, 0.15) is 48.3 Å². The third kappa shape index (κ3) is 7.36. The number of benzene rings is 1. The molecule has 0 bridgehead atoms. The SMILES string of the molecule is CCCc1noc(CCCC(=O)Nc2ccccc2C(=O)NCCN)n1.Cl. The van der Waals surface area contributed by atoms with Crippen molar-refractivity contribution in [1.82, 2.24) is 15.5 Å². The Balaban J connectivity index is 0.00000364. The average molecular weight is 396 g/mol. The van der Waals surface area contributed by atoms with Crippen molar-refractivity contribution in [3.8, 4) is 0 Å². The summed E-state index contributed by atoms with van der Waals surface area (Å²) in [5.74, 6) is 0.810. The monoisotopic (exact) mass is 395 g/mol.